The van der Waals surface area contributed by atoms with Gasteiger partial charge < -0.3 is 5.73 Å². The highest BCUT2D eigenvalue weighted by Crippen LogP contribution is 2.35. The maximum Gasteiger partial charge on any atom is 0.184 e. The molecule has 0 radical (unpaired) electrons. The van der Waals surface area contributed by atoms with E-state index in [4.69, 9.17) is 5.73 Å². The first-order valence-electron chi connectivity index (χ1n) is 7.82. The van der Waals surface area contributed by atoms with E-state index in [0.29, 0.717) is 12.0 Å². The van der Waals surface area contributed by atoms with Crippen molar-refractivity contribution >= 4 is 5.69 Å². The third-order valence-electron chi connectivity index (χ3n) is 4.78. The predicted molar refractivity (Wildman–Crippen MR) is 83.7 cm³/mol. The molecule has 1 fully saturated rings. The average molecular weight is 285 g/mol. The van der Waals surface area contributed by atoms with Gasteiger partial charge in [0.2, 0.25) is 0 Å². The highest BCUT2D eigenvalue weighted by Gasteiger charge is 2.25. The second kappa shape index (κ2) is 5.84. The number of aryl methyl sites for hydroxylation is 1. The molecule has 1 aromatic heterocycles. The Morgan fingerprint density at radius 3 is 2.76 bits per heavy atom. The highest BCUT2D eigenvalue weighted by atomic mass is 15.5. The normalized spacial score (nSPS) is 17.8. The Balaban J connectivity index is 1.95. The number of nitrogens with zero attached hydrogens (tertiary/aromatic N) is 4. The molecule has 0 amide bonds. The lowest BCUT2D eigenvalue weighted by atomic mass is 9.84. The number of benzene rings is 1. The minimum Gasteiger partial charge on any atom is -0.398 e. The van der Waals surface area contributed by atoms with Crippen LogP contribution in [0, 0.1) is 12.8 Å². The summed E-state index contributed by atoms with van der Waals surface area (Å²) in [6.45, 7) is 4.24. The van der Waals surface area contributed by atoms with Gasteiger partial charge in [-0.1, -0.05) is 31.4 Å². The summed E-state index contributed by atoms with van der Waals surface area (Å²) < 4.78 is 1.96. The van der Waals surface area contributed by atoms with Gasteiger partial charge in [-0.05, 0) is 54.7 Å². The molecule has 112 valence electrons. The highest BCUT2D eigenvalue weighted by molar-refractivity contribution is 5.74. The molecule has 5 heteroatoms. The van der Waals surface area contributed by atoms with Crippen LogP contribution < -0.4 is 5.73 Å². The predicted octanol–water partition coefficient (Wildman–Crippen LogP) is 3.37. The Kier molecular flexibility index (Phi) is 3.90. The molecular weight excluding hydrogens is 262 g/mol. The summed E-state index contributed by atoms with van der Waals surface area (Å²) in [7, 11) is 0. The molecule has 1 saturated carbocycles. The summed E-state index contributed by atoms with van der Waals surface area (Å²) in [6.07, 6.45) is 6.53. The van der Waals surface area contributed by atoms with Gasteiger partial charge in [-0.15, -0.1) is 5.10 Å². The van der Waals surface area contributed by atoms with Crippen molar-refractivity contribution in [3.05, 3.63) is 23.8 Å². The summed E-state index contributed by atoms with van der Waals surface area (Å²) in [5.74, 6) is 1.45. The van der Waals surface area contributed by atoms with Gasteiger partial charge in [-0.25, -0.2) is 4.68 Å². The van der Waals surface area contributed by atoms with Crippen LogP contribution in [-0.4, -0.2) is 20.2 Å². The Bertz CT molecular complexity index is 613. The number of nitrogens with two attached hydrogens (primary N) is 1. The largest absolute Gasteiger partial charge is 0.398 e. The lowest BCUT2D eigenvalue weighted by molar-refractivity contribution is 0.249. The van der Waals surface area contributed by atoms with Crippen molar-refractivity contribution in [2.45, 2.75) is 52.0 Å². The van der Waals surface area contributed by atoms with E-state index >= 15 is 0 Å². The van der Waals surface area contributed by atoms with Crippen LogP contribution >= 0.6 is 0 Å². The monoisotopic (exact) mass is 285 g/mol. The van der Waals surface area contributed by atoms with Gasteiger partial charge in [-0.2, -0.15) is 0 Å². The van der Waals surface area contributed by atoms with Crippen molar-refractivity contribution in [3.8, 4) is 11.4 Å². The van der Waals surface area contributed by atoms with Crippen LogP contribution in [0.15, 0.2) is 18.2 Å². The molecule has 1 aliphatic carbocycles. The molecule has 2 aromatic rings. The van der Waals surface area contributed by atoms with Crippen LogP contribution in [0.25, 0.3) is 11.4 Å². The van der Waals surface area contributed by atoms with Gasteiger partial charge in [0.1, 0.15) is 0 Å². The molecule has 5 nitrogen and oxygen atoms in total. The molecule has 0 bridgehead atoms. The number of aromatic nitrogens is 4. The van der Waals surface area contributed by atoms with E-state index in [0.717, 1.165) is 22.6 Å². The fourth-order valence-corrected chi connectivity index (χ4v) is 3.34. The van der Waals surface area contributed by atoms with Gasteiger partial charge >= 0.3 is 0 Å². The Morgan fingerprint density at radius 1 is 1.24 bits per heavy atom. The molecule has 21 heavy (non-hydrogen) atoms. The smallest absolute Gasteiger partial charge is 0.184 e. The molecular formula is C16H23N5. The summed E-state index contributed by atoms with van der Waals surface area (Å²) in [4.78, 5) is 0. The van der Waals surface area contributed by atoms with Crippen LogP contribution in [-0.2, 0) is 0 Å². The number of rotatable bonds is 3. The fraction of sp³-hybridized carbons (Fsp3) is 0.562. The van der Waals surface area contributed by atoms with Crippen LogP contribution in [0.4, 0.5) is 5.69 Å². The lowest BCUT2D eigenvalue weighted by Gasteiger charge is -2.28. The molecule has 0 saturated heterocycles. The zero-order chi connectivity index (χ0) is 14.8. The minimum atomic E-state index is 0.315. The number of tetrazole rings is 1. The Morgan fingerprint density at radius 2 is 2.00 bits per heavy atom. The quantitative estimate of drug-likeness (QED) is 0.878. The number of anilines is 1. The minimum absolute atomic E-state index is 0.315. The Hall–Kier alpha value is -1.91. The summed E-state index contributed by atoms with van der Waals surface area (Å²) in [5, 5.41) is 12.4. The van der Waals surface area contributed by atoms with E-state index in [9.17, 15) is 0 Å². The first-order valence-corrected chi connectivity index (χ1v) is 7.82. The molecule has 0 aliphatic heterocycles. The standard InChI is InChI=1S/C16H23N5/c1-11-7-6-10-14(15(11)17)16-18-19-20-21(16)12(2)13-8-4-3-5-9-13/h6-7,10,12-13H,3-5,8-9,17H2,1-2H3. The maximum absolute atomic E-state index is 6.21. The van der Waals surface area contributed by atoms with Crippen molar-refractivity contribution in [3.63, 3.8) is 0 Å². The first-order chi connectivity index (χ1) is 10.2. The van der Waals surface area contributed by atoms with Gasteiger partial charge in [0.05, 0.1) is 6.04 Å². The number of nitrogen functional groups attached to an aromatic ring is 1. The molecule has 1 atom stereocenters. The van der Waals surface area contributed by atoms with E-state index in [1.807, 2.05) is 29.8 Å². The van der Waals surface area contributed by atoms with Crippen molar-refractivity contribution in [1.82, 2.24) is 20.2 Å². The Labute approximate surface area is 125 Å². The molecule has 1 aliphatic rings. The summed E-state index contributed by atoms with van der Waals surface area (Å²) in [6, 6.07) is 6.33. The van der Waals surface area contributed by atoms with Gasteiger partial charge in [0.15, 0.2) is 5.82 Å². The number of hydrogen-bond acceptors (Lipinski definition) is 4. The van der Waals surface area contributed by atoms with E-state index in [1.165, 1.54) is 32.1 Å². The first kappa shape index (κ1) is 14.0. The average Bonchev–Trinajstić information content (AvgIpc) is 2.99. The second-order valence-electron chi connectivity index (χ2n) is 6.12. The van der Waals surface area contributed by atoms with Gasteiger partial charge in [0.25, 0.3) is 0 Å². The lowest BCUT2D eigenvalue weighted by Crippen LogP contribution is -2.21. The fourth-order valence-electron chi connectivity index (χ4n) is 3.34. The molecule has 2 N–H and O–H groups in total. The summed E-state index contributed by atoms with van der Waals surface area (Å²) in [5.41, 5.74) is 8.98. The molecule has 1 heterocycles. The van der Waals surface area contributed by atoms with Crippen LogP contribution in [0.3, 0.4) is 0 Å². The van der Waals surface area contributed by atoms with E-state index in [1.54, 1.807) is 0 Å². The van der Waals surface area contributed by atoms with Crippen LogP contribution in [0.1, 0.15) is 50.6 Å². The zero-order valence-electron chi connectivity index (χ0n) is 12.8. The van der Waals surface area contributed by atoms with Crippen LogP contribution in [0.5, 0.6) is 0 Å². The molecule has 3 rings (SSSR count). The van der Waals surface area contributed by atoms with Crippen molar-refractivity contribution in [2.24, 2.45) is 5.92 Å². The van der Waals surface area contributed by atoms with E-state index < -0.39 is 0 Å². The topological polar surface area (TPSA) is 69.6 Å². The van der Waals surface area contributed by atoms with Gasteiger partial charge in [-0.3, -0.25) is 0 Å². The van der Waals surface area contributed by atoms with Gasteiger partial charge in [0, 0.05) is 11.3 Å². The van der Waals surface area contributed by atoms with Crippen molar-refractivity contribution < 1.29 is 0 Å². The molecule has 1 unspecified atom stereocenters. The third-order valence-corrected chi connectivity index (χ3v) is 4.78. The van der Waals surface area contributed by atoms with Crippen molar-refractivity contribution in [2.75, 3.05) is 5.73 Å². The molecule has 1 aromatic carbocycles. The van der Waals surface area contributed by atoms with E-state index in [-0.39, 0.29) is 0 Å². The van der Waals surface area contributed by atoms with Crippen molar-refractivity contribution in [1.29, 1.82) is 0 Å². The summed E-state index contributed by atoms with van der Waals surface area (Å²) >= 11 is 0. The maximum atomic E-state index is 6.21. The number of hydrogen-bond donors (Lipinski definition) is 1. The zero-order valence-corrected chi connectivity index (χ0v) is 12.8. The third kappa shape index (κ3) is 2.64. The van der Waals surface area contributed by atoms with E-state index in [2.05, 4.69) is 22.4 Å². The number of para-hydroxylation sites is 1. The second-order valence-corrected chi connectivity index (χ2v) is 6.12. The van der Waals surface area contributed by atoms with Crippen LogP contribution in [0.2, 0.25) is 0 Å². The SMILES string of the molecule is Cc1cccc(-c2nnnn2C(C)C2CCCCC2)c1N. The molecule has 0 spiro atoms.